The van der Waals surface area contributed by atoms with Gasteiger partial charge in [-0.1, -0.05) is 65.3 Å². The summed E-state index contributed by atoms with van der Waals surface area (Å²) in [4.78, 5) is 16.8. The Morgan fingerprint density at radius 3 is 2.54 bits per heavy atom. The zero-order valence-electron chi connectivity index (χ0n) is 15.8. The fourth-order valence-corrected chi connectivity index (χ4v) is 2.91. The van der Waals surface area contributed by atoms with Crippen molar-refractivity contribution < 1.29 is 14.1 Å². The number of carbonyl (C=O) groups excluding carboxylic acids is 1. The van der Waals surface area contributed by atoms with Crippen LogP contribution in [0.2, 0.25) is 0 Å². The third-order valence-electron chi connectivity index (χ3n) is 4.14. The average molecular weight is 444 g/mol. The minimum atomic E-state index is -0.385. The molecule has 0 bridgehead atoms. The molecule has 7 heteroatoms. The Bertz CT molecular complexity index is 895. The largest absolute Gasteiger partial charge is 0.367 e. The molecule has 0 radical (unpaired) electrons. The number of aromatic nitrogens is 2. The molecule has 146 valence electrons. The van der Waals surface area contributed by atoms with Crippen molar-refractivity contribution in [1.29, 1.82) is 0 Å². The molecule has 0 aliphatic carbocycles. The van der Waals surface area contributed by atoms with Gasteiger partial charge in [-0.25, -0.2) is 0 Å². The Balaban J connectivity index is 1.60. The van der Waals surface area contributed by atoms with Gasteiger partial charge in [-0.05, 0) is 35.7 Å². The number of hydrogen-bond acceptors (Lipinski definition) is 5. The molecule has 1 N–H and O–H groups in total. The molecule has 1 aromatic heterocycles. The van der Waals surface area contributed by atoms with Gasteiger partial charge in [-0.2, -0.15) is 4.98 Å². The van der Waals surface area contributed by atoms with E-state index in [-0.39, 0.29) is 24.5 Å². The Morgan fingerprint density at radius 2 is 1.86 bits per heavy atom. The zero-order chi connectivity index (χ0) is 19.9. The van der Waals surface area contributed by atoms with Crippen molar-refractivity contribution in [2.24, 2.45) is 5.92 Å². The maximum Gasteiger partial charge on any atom is 0.249 e. The molecule has 3 aromatic rings. The molecule has 0 aliphatic rings. The van der Waals surface area contributed by atoms with Crippen LogP contribution >= 0.6 is 15.9 Å². The number of halogens is 1. The second kappa shape index (κ2) is 9.61. The van der Waals surface area contributed by atoms with Crippen molar-refractivity contribution in [3.8, 4) is 11.4 Å². The van der Waals surface area contributed by atoms with E-state index in [0.29, 0.717) is 18.3 Å². The lowest BCUT2D eigenvalue weighted by Crippen LogP contribution is -2.34. The molecule has 6 nitrogen and oxygen atoms in total. The minimum Gasteiger partial charge on any atom is -0.367 e. The van der Waals surface area contributed by atoms with Crippen molar-refractivity contribution in [2.45, 2.75) is 26.5 Å². The summed E-state index contributed by atoms with van der Waals surface area (Å²) in [6.07, 6.45) is 0. The SMILES string of the molecule is CC(C)[C@H](NC(=O)COCc1ccccc1)c1nc(-c2ccc(Br)cc2)no1. The quantitative estimate of drug-likeness (QED) is 0.553. The minimum absolute atomic E-state index is 0.0359. The van der Waals surface area contributed by atoms with Crippen molar-refractivity contribution in [3.05, 3.63) is 70.5 Å². The number of ether oxygens (including phenoxy) is 1. The van der Waals surface area contributed by atoms with Crippen molar-refractivity contribution in [2.75, 3.05) is 6.61 Å². The Kier molecular flexibility index (Phi) is 6.95. The summed E-state index contributed by atoms with van der Waals surface area (Å²) in [5.41, 5.74) is 1.87. The molecule has 0 saturated heterocycles. The van der Waals surface area contributed by atoms with Gasteiger partial charge in [0.25, 0.3) is 0 Å². The van der Waals surface area contributed by atoms with Crippen LogP contribution in [0.4, 0.5) is 0 Å². The van der Waals surface area contributed by atoms with E-state index in [4.69, 9.17) is 9.26 Å². The Hall–Kier alpha value is -2.51. The maximum absolute atomic E-state index is 12.3. The van der Waals surface area contributed by atoms with Gasteiger partial charge in [0.1, 0.15) is 12.6 Å². The molecule has 3 rings (SSSR count). The van der Waals surface area contributed by atoms with Crippen LogP contribution in [0.3, 0.4) is 0 Å². The molecule has 1 amide bonds. The van der Waals surface area contributed by atoms with Gasteiger partial charge >= 0.3 is 0 Å². The van der Waals surface area contributed by atoms with E-state index in [1.165, 1.54) is 0 Å². The van der Waals surface area contributed by atoms with E-state index in [1.807, 2.05) is 68.4 Å². The fourth-order valence-electron chi connectivity index (χ4n) is 2.64. The van der Waals surface area contributed by atoms with Crippen LogP contribution in [-0.2, 0) is 16.1 Å². The first kappa shape index (κ1) is 20.2. The molecule has 0 unspecified atom stereocenters. The van der Waals surface area contributed by atoms with Crippen LogP contribution in [0.25, 0.3) is 11.4 Å². The normalized spacial score (nSPS) is 12.1. The van der Waals surface area contributed by atoms with Crippen LogP contribution in [0.15, 0.2) is 63.6 Å². The van der Waals surface area contributed by atoms with Gasteiger partial charge in [-0.3, -0.25) is 4.79 Å². The highest BCUT2D eigenvalue weighted by Gasteiger charge is 2.25. The van der Waals surface area contributed by atoms with E-state index < -0.39 is 0 Å². The van der Waals surface area contributed by atoms with Gasteiger partial charge < -0.3 is 14.6 Å². The number of amides is 1. The average Bonchev–Trinajstić information content (AvgIpc) is 3.17. The molecule has 1 heterocycles. The number of nitrogens with zero attached hydrogens (tertiary/aromatic N) is 2. The smallest absolute Gasteiger partial charge is 0.249 e. The maximum atomic E-state index is 12.3. The monoisotopic (exact) mass is 443 g/mol. The predicted octanol–water partition coefficient (Wildman–Crippen LogP) is 4.53. The highest BCUT2D eigenvalue weighted by Crippen LogP contribution is 2.24. The third-order valence-corrected chi connectivity index (χ3v) is 4.67. The number of nitrogens with one attached hydrogen (secondary N) is 1. The summed E-state index contributed by atoms with van der Waals surface area (Å²) in [5, 5.41) is 6.97. The fraction of sp³-hybridized carbons (Fsp3) is 0.286. The van der Waals surface area contributed by atoms with Gasteiger partial charge in [0, 0.05) is 10.0 Å². The highest BCUT2D eigenvalue weighted by molar-refractivity contribution is 9.10. The van der Waals surface area contributed by atoms with Crippen LogP contribution in [0.1, 0.15) is 31.3 Å². The highest BCUT2D eigenvalue weighted by atomic mass is 79.9. The van der Waals surface area contributed by atoms with Crippen molar-refractivity contribution in [1.82, 2.24) is 15.5 Å². The topological polar surface area (TPSA) is 77.2 Å². The molecule has 0 spiro atoms. The second-order valence-electron chi connectivity index (χ2n) is 6.73. The molecule has 2 aromatic carbocycles. The lowest BCUT2D eigenvalue weighted by Gasteiger charge is -2.18. The molecule has 0 aliphatic heterocycles. The number of carbonyl (C=O) groups is 1. The lowest BCUT2D eigenvalue weighted by molar-refractivity contribution is -0.127. The van der Waals surface area contributed by atoms with Crippen molar-refractivity contribution >= 4 is 21.8 Å². The number of hydrogen-bond donors (Lipinski definition) is 1. The molecule has 28 heavy (non-hydrogen) atoms. The van der Waals surface area contributed by atoms with E-state index in [0.717, 1.165) is 15.6 Å². The van der Waals surface area contributed by atoms with Crippen LogP contribution in [0, 0.1) is 5.92 Å². The standard InChI is InChI=1S/C21H22BrN3O3/c1-14(2)19(23-18(26)13-27-12-15-6-4-3-5-7-15)21-24-20(25-28-21)16-8-10-17(22)11-9-16/h3-11,14,19H,12-13H2,1-2H3,(H,23,26)/t19-/m0/s1. The summed E-state index contributed by atoms with van der Waals surface area (Å²) in [7, 11) is 0. The summed E-state index contributed by atoms with van der Waals surface area (Å²) < 4.78 is 11.9. The first-order valence-electron chi connectivity index (χ1n) is 9.03. The molecular formula is C21H22BrN3O3. The van der Waals surface area contributed by atoms with E-state index >= 15 is 0 Å². The van der Waals surface area contributed by atoms with Gasteiger partial charge in [0.2, 0.25) is 17.6 Å². The predicted molar refractivity (Wildman–Crippen MR) is 109 cm³/mol. The molecule has 1 atom stereocenters. The summed E-state index contributed by atoms with van der Waals surface area (Å²) >= 11 is 3.40. The lowest BCUT2D eigenvalue weighted by atomic mass is 10.0. The first-order chi connectivity index (χ1) is 13.5. The second-order valence-corrected chi connectivity index (χ2v) is 7.65. The van der Waals surface area contributed by atoms with Gasteiger partial charge in [0.15, 0.2) is 0 Å². The van der Waals surface area contributed by atoms with E-state index in [2.05, 4.69) is 31.4 Å². The molecule has 0 fully saturated rings. The summed E-state index contributed by atoms with van der Waals surface area (Å²) in [5.74, 6) is 0.723. The van der Waals surface area contributed by atoms with Gasteiger partial charge in [0.05, 0.1) is 6.61 Å². The van der Waals surface area contributed by atoms with Crippen LogP contribution in [-0.4, -0.2) is 22.7 Å². The van der Waals surface area contributed by atoms with E-state index in [9.17, 15) is 4.79 Å². The number of benzene rings is 2. The number of rotatable bonds is 8. The van der Waals surface area contributed by atoms with E-state index in [1.54, 1.807) is 0 Å². The third kappa shape index (κ3) is 5.50. The first-order valence-corrected chi connectivity index (χ1v) is 9.83. The summed E-state index contributed by atoms with van der Waals surface area (Å²) in [6.45, 7) is 4.32. The molecule has 0 saturated carbocycles. The van der Waals surface area contributed by atoms with Gasteiger partial charge in [-0.15, -0.1) is 0 Å². The molecular weight excluding hydrogens is 422 g/mol. The Labute approximate surface area is 172 Å². The van der Waals surface area contributed by atoms with Crippen LogP contribution in [0.5, 0.6) is 0 Å². The summed E-state index contributed by atoms with van der Waals surface area (Å²) in [6, 6.07) is 17.0. The van der Waals surface area contributed by atoms with Crippen LogP contribution < -0.4 is 5.32 Å². The van der Waals surface area contributed by atoms with Crippen molar-refractivity contribution in [3.63, 3.8) is 0 Å². The zero-order valence-corrected chi connectivity index (χ0v) is 17.3. The Morgan fingerprint density at radius 1 is 1.14 bits per heavy atom.